The lowest BCUT2D eigenvalue weighted by molar-refractivity contribution is 0.593. The van der Waals surface area contributed by atoms with Gasteiger partial charge in [-0.25, -0.2) is 4.98 Å². The van der Waals surface area contributed by atoms with Crippen molar-refractivity contribution in [3.8, 4) is 0 Å². The van der Waals surface area contributed by atoms with E-state index in [0.717, 1.165) is 28.2 Å². The Morgan fingerprint density at radius 1 is 1.31 bits per heavy atom. The molecule has 0 bridgehead atoms. The van der Waals surface area contributed by atoms with Crippen molar-refractivity contribution in [2.24, 2.45) is 0 Å². The molecule has 0 radical (unpaired) electrons. The maximum absolute atomic E-state index is 5.98. The number of hydrogen-bond donors (Lipinski definition) is 1. The molecule has 0 aliphatic carbocycles. The van der Waals surface area contributed by atoms with Gasteiger partial charge in [-0.15, -0.1) is 0 Å². The van der Waals surface area contributed by atoms with E-state index in [-0.39, 0.29) is 5.54 Å². The lowest BCUT2D eigenvalue weighted by atomic mass is 10.0. The van der Waals surface area contributed by atoms with Crippen LogP contribution in [0.1, 0.15) is 19.4 Å². The van der Waals surface area contributed by atoms with Crippen molar-refractivity contribution in [3.63, 3.8) is 0 Å². The maximum Gasteiger partial charge on any atom is 0.130 e. The molecule has 0 saturated carbocycles. The number of nitrogens with one attached hydrogen (secondary N) is 1. The van der Waals surface area contributed by atoms with Gasteiger partial charge in [0.15, 0.2) is 0 Å². The molecule has 2 nitrogen and oxygen atoms in total. The zero-order chi connectivity index (χ0) is 11.3. The van der Waals surface area contributed by atoms with Crippen molar-refractivity contribution in [1.29, 1.82) is 0 Å². The third-order valence-electron chi connectivity index (χ3n) is 2.94. The topological polar surface area (TPSA) is 24.9 Å². The highest BCUT2D eigenvalue weighted by atomic mass is 35.5. The second kappa shape index (κ2) is 3.11. The van der Waals surface area contributed by atoms with Gasteiger partial charge in [-0.2, -0.15) is 0 Å². The molecule has 0 saturated heterocycles. The Bertz CT molecular complexity index is 575. The summed E-state index contributed by atoms with van der Waals surface area (Å²) in [5.41, 5.74) is 2.38. The highest BCUT2D eigenvalue weighted by Crippen LogP contribution is 2.33. The van der Waals surface area contributed by atoms with E-state index in [4.69, 9.17) is 11.6 Å². The molecule has 16 heavy (non-hydrogen) atoms. The molecular weight excluding hydrogens is 220 g/mol. The van der Waals surface area contributed by atoms with Crippen LogP contribution in [-0.2, 0) is 6.42 Å². The summed E-state index contributed by atoms with van der Waals surface area (Å²) >= 11 is 5.98. The average Bonchev–Trinajstić information content (AvgIpc) is 2.47. The predicted octanol–water partition coefficient (Wildman–Crippen LogP) is 3.63. The Kier molecular flexibility index (Phi) is 1.93. The van der Waals surface area contributed by atoms with Crippen molar-refractivity contribution < 1.29 is 0 Å². The predicted molar refractivity (Wildman–Crippen MR) is 68.2 cm³/mol. The molecule has 1 aromatic heterocycles. The van der Waals surface area contributed by atoms with Gasteiger partial charge in [-0.3, -0.25) is 0 Å². The van der Waals surface area contributed by atoms with Crippen LogP contribution in [0, 0.1) is 0 Å². The van der Waals surface area contributed by atoms with Crippen molar-refractivity contribution >= 4 is 28.3 Å². The van der Waals surface area contributed by atoms with Gasteiger partial charge in [0.05, 0.1) is 5.52 Å². The maximum atomic E-state index is 5.98. The monoisotopic (exact) mass is 232 g/mol. The molecule has 0 atom stereocenters. The smallest absolute Gasteiger partial charge is 0.130 e. The van der Waals surface area contributed by atoms with E-state index in [9.17, 15) is 0 Å². The number of benzene rings is 1. The lowest BCUT2D eigenvalue weighted by Gasteiger charge is -2.17. The molecule has 0 spiro atoms. The largest absolute Gasteiger partial charge is 0.365 e. The quantitative estimate of drug-likeness (QED) is 0.750. The average molecular weight is 233 g/mol. The first-order chi connectivity index (χ1) is 7.53. The molecule has 1 aliphatic rings. The van der Waals surface area contributed by atoms with Gasteiger partial charge in [0.1, 0.15) is 5.82 Å². The number of anilines is 1. The second-order valence-corrected chi connectivity index (χ2v) is 5.46. The molecule has 0 fully saturated rings. The van der Waals surface area contributed by atoms with E-state index in [1.54, 1.807) is 0 Å². The molecule has 1 aliphatic heterocycles. The molecular formula is C13H13ClN2. The molecule has 1 N–H and O–H groups in total. The summed E-state index contributed by atoms with van der Waals surface area (Å²) in [5.74, 6) is 1.01. The van der Waals surface area contributed by atoms with Crippen LogP contribution in [0.4, 0.5) is 5.82 Å². The summed E-state index contributed by atoms with van der Waals surface area (Å²) in [6.45, 7) is 4.37. The fourth-order valence-corrected chi connectivity index (χ4v) is 2.46. The molecule has 0 amide bonds. The molecule has 82 valence electrons. The number of fused-ring (bicyclic) bond motifs is 2. The fraction of sp³-hybridized carbons (Fsp3) is 0.308. The van der Waals surface area contributed by atoms with Gasteiger partial charge in [0.2, 0.25) is 0 Å². The lowest BCUT2D eigenvalue weighted by Crippen LogP contribution is -2.27. The number of halogens is 1. The summed E-state index contributed by atoms with van der Waals surface area (Å²) < 4.78 is 0. The first-order valence-corrected chi connectivity index (χ1v) is 5.79. The summed E-state index contributed by atoms with van der Waals surface area (Å²) in [7, 11) is 0. The standard InChI is InChI=1S/C13H13ClN2/c1-13(2)7-9-5-8-6-10(14)3-4-11(8)15-12(9)16-13/h3-6H,7H2,1-2H3,(H,15,16). The molecule has 3 rings (SSSR count). The molecule has 1 aromatic carbocycles. The van der Waals surface area contributed by atoms with Gasteiger partial charge in [0, 0.05) is 15.9 Å². The van der Waals surface area contributed by atoms with E-state index < -0.39 is 0 Å². The summed E-state index contributed by atoms with van der Waals surface area (Å²) in [6, 6.07) is 8.00. The van der Waals surface area contributed by atoms with Crippen molar-refractivity contribution in [2.75, 3.05) is 5.32 Å². The Balaban J connectivity index is 2.22. The molecule has 2 heterocycles. The minimum atomic E-state index is 0.108. The number of pyridine rings is 1. The Labute approximate surface area is 99.6 Å². The van der Waals surface area contributed by atoms with E-state index in [2.05, 4.69) is 30.2 Å². The summed E-state index contributed by atoms with van der Waals surface area (Å²) in [4.78, 5) is 4.62. The van der Waals surface area contributed by atoms with Crippen LogP contribution >= 0.6 is 11.6 Å². The minimum absolute atomic E-state index is 0.108. The van der Waals surface area contributed by atoms with E-state index in [0.29, 0.717) is 0 Å². The van der Waals surface area contributed by atoms with Crippen LogP contribution in [0.2, 0.25) is 5.02 Å². The Hall–Kier alpha value is -1.28. The number of hydrogen-bond acceptors (Lipinski definition) is 2. The van der Waals surface area contributed by atoms with Gasteiger partial charge in [-0.05, 0) is 50.1 Å². The fourth-order valence-electron chi connectivity index (χ4n) is 2.27. The van der Waals surface area contributed by atoms with Crippen molar-refractivity contribution in [3.05, 3.63) is 34.9 Å². The van der Waals surface area contributed by atoms with Gasteiger partial charge >= 0.3 is 0 Å². The van der Waals surface area contributed by atoms with Crippen LogP contribution in [0.15, 0.2) is 24.3 Å². The van der Waals surface area contributed by atoms with Gasteiger partial charge in [-0.1, -0.05) is 11.6 Å². The SMILES string of the molecule is CC1(C)Cc2cc3cc(Cl)ccc3nc2N1. The second-order valence-electron chi connectivity index (χ2n) is 5.02. The van der Waals surface area contributed by atoms with E-state index in [1.165, 1.54) is 5.56 Å². The normalized spacial score (nSPS) is 17.2. The molecule has 0 unspecified atom stereocenters. The van der Waals surface area contributed by atoms with Gasteiger partial charge in [0.25, 0.3) is 0 Å². The molecule has 2 aromatic rings. The van der Waals surface area contributed by atoms with Crippen LogP contribution in [-0.4, -0.2) is 10.5 Å². The zero-order valence-electron chi connectivity index (χ0n) is 9.34. The zero-order valence-corrected chi connectivity index (χ0v) is 10.1. The highest BCUT2D eigenvalue weighted by molar-refractivity contribution is 6.31. The third-order valence-corrected chi connectivity index (χ3v) is 3.18. The van der Waals surface area contributed by atoms with E-state index >= 15 is 0 Å². The van der Waals surface area contributed by atoms with Gasteiger partial charge < -0.3 is 5.32 Å². The first kappa shape index (κ1) is 9.91. The number of rotatable bonds is 0. The van der Waals surface area contributed by atoms with Crippen LogP contribution in [0.5, 0.6) is 0 Å². The van der Waals surface area contributed by atoms with Crippen LogP contribution < -0.4 is 5.32 Å². The number of nitrogens with zero attached hydrogens (tertiary/aromatic N) is 1. The summed E-state index contributed by atoms with van der Waals surface area (Å²) in [5, 5.41) is 5.32. The minimum Gasteiger partial charge on any atom is -0.365 e. The Morgan fingerprint density at radius 3 is 2.94 bits per heavy atom. The Morgan fingerprint density at radius 2 is 2.12 bits per heavy atom. The third kappa shape index (κ3) is 1.54. The van der Waals surface area contributed by atoms with Crippen LogP contribution in [0.25, 0.3) is 10.9 Å². The number of aromatic nitrogens is 1. The highest BCUT2D eigenvalue weighted by Gasteiger charge is 2.28. The van der Waals surface area contributed by atoms with Crippen molar-refractivity contribution in [1.82, 2.24) is 4.98 Å². The first-order valence-electron chi connectivity index (χ1n) is 5.41. The van der Waals surface area contributed by atoms with E-state index in [1.807, 2.05) is 18.2 Å². The molecule has 3 heteroatoms. The van der Waals surface area contributed by atoms with Crippen molar-refractivity contribution in [2.45, 2.75) is 25.8 Å². The summed E-state index contributed by atoms with van der Waals surface area (Å²) in [6.07, 6.45) is 1.01. The van der Waals surface area contributed by atoms with Crippen LogP contribution in [0.3, 0.4) is 0 Å².